The van der Waals surface area contributed by atoms with Gasteiger partial charge in [-0.05, 0) is 29.2 Å². The summed E-state index contributed by atoms with van der Waals surface area (Å²) in [6, 6.07) is 15.7. The number of imidazole rings is 1. The van der Waals surface area contributed by atoms with Gasteiger partial charge in [0.15, 0.2) is 0 Å². The molecule has 2 aromatic carbocycles. The molecule has 30 heavy (non-hydrogen) atoms. The Hall–Kier alpha value is -3.18. The lowest BCUT2D eigenvalue weighted by atomic mass is 9.87. The Labute approximate surface area is 180 Å². The van der Waals surface area contributed by atoms with Crippen molar-refractivity contribution in [1.82, 2.24) is 15.0 Å². The van der Waals surface area contributed by atoms with Gasteiger partial charge >= 0.3 is 5.97 Å². The highest BCUT2D eigenvalue weighted by Crippen LogP contribution is 2.30. The van der Waals surface area contributed by atoms with Crippen LogP contribution in [0.25, 0.3) is 33.7 Å². The number of hydrogen-bond donors (Lipinski definition) is 1. The number of nitrogens with zero attached hydrogens (tertiary/aromatic N) is 2. The van der Waals surface area contributed by atoms with Gasteiger partial charge in [-0.15, -0.1) is 0 Å². The van der Waals surface area contributed by atoms with E-state index in [1.165, 1.54) is 18.9 Å². The maximum Gasteiger partial charge on any atom is 0.339 e. The molecule has 0 saturated heterocycles. The predicted octanol–water partition coefficient (Wildman–Crippen LogP) is 6.03. The summed E-state index contributed by atoms with van der Waals surface area (Å²) in [5.74, 6) is 0.341. The van der Waals surface area contributed by atoms with Gasteiger partial charge < -0.3 is 9.72 Å². The lowest BCUT2D eigenvalue weighted by molar-refractivity contribution is 0.0600. The number of fused-ring (bicyclic) bond motifs is 1. The molecule has 5 nitrogen and oxygen atoms in total. The van der Waals surface area contributed by atoms with Crippen LogP contribution >= 0.6 is 11.6 Å². The number of pyridine rings is 1. The first kappa shape index (κ1) is 20.1. The van der Waals surface area contributed by atoms with Gasteiger partial charge in [0, 0.05) is 17.3 Å². The highest BCUT2D eigenvalue weighted by molar-refractivity contribution is 6.33. The molecule has 0 aliphatic rings. The van der Waals surface area contributed by atoms with Crippen molar-refractivity contribution in [3.63, 3.8) is 0 Å². The van der Waals surface area contributed by atoms with E-state index in [-0.39, 0.29) is 5.41 Å². The maximum atomic E-state index is 11.6. The van der Waals surface area contributed by atoms with E-state index >= 15 is 0 Å². The summed E-state index contributed by atoms with van der Waals surface area (Å²) in [6.07, 6.45) is 1.47. The van der Waals surface area contributed by atoms with Gasteiger partial charge in [0.2, 0.25) is 0 Å². The summed E-state index contributed by atoms with van der Waals surface area (Å²) in [5.41, 5.74) is 6.04. The molecule has 0 aliphatic carbocycles. The van der Waals surface area contributed by atoms with Crippen LogP contribution in [0, 0.1) is 0 Å². The molecule has 0 aliphatic heterocycles. The van der Waals surface area contributed by atoms with Crippen LogP contribution in [0.5, 0.6) is 0 Å². The second-order valence-corrected chi connectivity index (χ2v) is 8.60. The number of hydrogen-bond acceptors (Lipinski definition) is 4. The monoisotopic (exact) mass is 419 g/mol. The number of H-pyrrole nitrogens is 1. The molecule has 152 valence electrons. The highest BCUT2D eigenvalue weighted by Gasteiger charge is 2.16. The van der Waals surface area contributed by atoms with E-state index in [9.17, 15) is 4.79 Å². The number of carbonyl (C=O) groups excluding carboxylic acids is 1. The Balaban J connectivity index is 1.65. The second-order valence-electron chi connectivity index (χ2n) is 8.19. The van der Waals surface area contributed by atoms with Crippen molar-refractivity contribution in [1.29, 1.82) is 0 Å². The largest absolute Gasteiger partial charge is 0.465 e. The van der Waals surface area contributed by atoms with Crippen molar-refractivity contribution in [2.45, 2.75) is 26.2 Å². The Bertz CT molecular complexity index is 1240. The Morgan fingerprint density at radius 1 is 1.03 bits per heavy atom. The molecule has 0 spiro atoms. The summed E-state index contributed by atoms with van der Waals surface area (Å²) in [4.78, 5) is 24.1. The smallest absolute Gasteiger partial charge is 0.339 e. The normalized spacial score (nSPS) is 11.6. The van der Waals surface area contributed by atoms with Crippen LogP contribution in [-0.2, 0) is 10.2 Å². The summed E-state index contributed by atoms with van der Waals surface area (Å²) in [6.45, 7) is 6.59. The van der Waals surface area contributed by atoms with Crippen molar-refractivity contribution >= 4 is 28.6 Å². The molecule has 0 amide bonds. The lowest BCUT2D eigenvalue weighted by Crippen LogP contribution is -2.10. The molecule has 4 rings (SSSR count). The zero-order valence-corrected chi connectivity index (χ0v) is 18.0. The van der Waals surface area contributed by atoms with E-state index in [1.54, 1.807) is 6.07 Å². The van der Waals surface area contributed by atoms with Crippen molar-refractivity contribution < 1.29 is 9.53 Å². The van der Waals surface area contributed by atoms with E-state index in [2.05, 4.69) is 48.9 Å². The Morgan fingerprint density at radius 2 is 1.73 bits per heavy atom. The molecular weight excluding hydrogens is 398 g/mol. The Morgan fingerprint density at radius 3 is 2.37 bits per heavy atom. The molecule has 0 radical (unpaired) electrons. The first-order valence-corrected chi connectivity index (χ1v) is 9.99. The van der Waals surface area contributed by atoms with Crippen LogP contribution in [-0.4, -0.2) is 28.0 Å². The van der Waals surface area contributed by atoms with Gasteiger partial charge in [-0.2, -0.15) is 0 Å². The molecule has 4 aromatic rings. The van der Waals surface area contributed by atoms with Crippen LogP contribution in [0.15, 0.2) is 54.7 Å². The average Bonchev–Trinajstić information content (AvgIpc) is 3.16. The van der Waals surface area contributed by atoms with Gasteiger partial charge in [-0.1, -0.05) is 62.7 Å². The minimum atomic E-state index is -0.467. The summed E-state index contributed by atoms with van der Waals surface area (Å²) >= 11 is 6.34. The minimum Gasteiger partial charge on any atom is -0.465 e. The van der Waals surface area contributed by atoms with Crippen molar-refractivity contribution in [2.24, 2.45) is 0 Å². The summed E-state index contributed by atoms with van der Waals surface area (Å²) in [7, 11) is 1.32. The molecule has 0 saturated carbocycles. The lowest BCUT2D eigenvalue weighted by Gasteiger charge is -2.18. The van der Waals surface area contributed by atoms with Gasteiger partial charge in [-0.3, -0.25) is 4.98 Å². The standard InChI is InChI=1S/C24H22ClN3O2/c1-24(2,3)17-9-10-19-20(12-17)28-22(27-19)15-7-5-14(6-8-15)21-18(25)11-16(13-26-21)23(29)30-4/h5-13H,1-4H3,(H,27,28). The molecule has 0 unspecified atom stereocenters. The van der Waals surface area contributed by atoms with Crippen LogP contribution in [0.3, 0.4) is 0 Å². The number of carbonyl (C=O) groups is 1. The van der Waals surface area contributed by atoms with Crippen LogP contribution in [0.1, 0.15) is 36.7 Å². The van der Waals surface area contributed by atoms with Crippen LogP contribution in [0.2, 0.25) is 5.02 Å². The second kappa shape index (κ2) is 7.58. The fourth-order valence-corrected chi connectivity index (χ4v) is 3.55. The number of ether oxygens (including phenoxy) is 1. The number of aromatic nitrogens is 3. The number of nitrogens with one attached hydrogen (secondary N) is 1. The zero-order valence-electron chi connectivity index (χ0n) is 17.3. The molecule has 0 atom stereocenters. The van der Waals surface area contributed by atoms with E-state index in [4.69, 9.17) is 21.3 Å². The van der Waals surface area contributed by atoms with E-state index in [1.807, 2.05) is 24.3 Å². The van der Waals surface area contributed by atoms with E-state index < -0.39 is 5.97 Å². The number of methoxy groups -OCH3 is 1. The van der Waals surface area contributed by atoms with Gasteiger partial charge in [-0.25, -0.2) is 9.78 Å². The number of esters is 1. The molecule has 0 fully saturated rings. The number of benzene rings is 2. The third-order valence-corrected chi connectivity index (χ3v) is 5.33. The predicted molar refractivity (Wildman–Crippen MR) is 120 cm³/mol. The van der Waals surface area contributed by atoms with Gasteiger partial charge in [0.05, 0.1) is 34.4 Å². The fourth-order valence-electron chi connectivity index (χ4n) is 3.28. The Kier molecular flexibility index (Phi) is 5.08. The molecule has 2 heterocycles. The number of aromatic amines is 1. The third kappa shape index (κ3) is 3.81. The summed E-state index contributed by atoms with van der Waals surface area (Å²) in [5, 5.41) is 0.393. The first-order valence-electron chi connectivity index (χ1n) is 9.61. The van der Waals surface area contributed by atoms with Crippen LogP contribution < -0.4 is 0 Å². The average molecular weight is 420 g/mol. The zero-order chi connectivity index (χ0) is 21.5. The van der Waals surface area contributed by atoms with Crippen LogP contribution in [0.4, 0.5) is 0 Å². The topological polar surface area (TPSA) is 67.9 Å². The number of halogens is 1. The quantitative estimate of drug-likeness (QED) is 0.411. The summed E-state index contributed by atoms with van der Waals surface area (Å²) < 4.78 is 4.70. The van der Waals surface area contributed by atoms with Crippen molar-refractivity contribution in [3.05, 3.63) is 70.9 Å². The van der Waals surface area contributed by atoms with Crippen molar-refractivity contribution in [2.75, 3.05) is 7.11 Å². The molecule has 1 N–H and O–H groups in total. The van der Waals surface area contributed by atoms with Gasteiger partial charge in [0.25, 0.3) is 0 Å². The third-order valence-electron chi connectivity index (χ3n) is 5.04. The van der Waals surface area contributed by atoms with Gasteiger partial charge in [0.1, 0.15) is 5.82 Å². The van der Waals surface area contributed by atoms with E-state index in [0.717, 1.165) is 28.0 Å². The minimum absolute atomic E-state index is 0.0802. The SMILES string of the molecule is COC(=O)c1cnc(-c2ccc(-c3nc4ccc(C(C)(C)C)cc4[nH]3)cc2)c(Cl)c1. The van der Waals surface area contributed by atoms with Crippen molar-refractivity contribution in [3.8, 4) is 22.6 Å². The molecule has 2 aromatic heterocycles. The molecule has 6 heteroatoms. The highest BCUT2D eigenvalue weighted by atomic mass is 35.5. The molecule has 0 bridgehead atoms. The number of rotatable bonds is 3. The fraction of sp³-hybridized carbons (Fsp3) is 0.208. The van der Waals surface area contributed by atoms with E-state index in [0.29, 0.717) is 16.3 Å². The molecular formula is C24H22ClN3O2. The first-order chi connectivity index (χ1) is 14.3. The maximum absolute atomic E-state index is 11.6.